The first-order valence-corrected chi connectivity index (χ1v) is 9.75. The van der Waals surface area contributed by atoms with E-state index >= 15 is 0 Å². The first kappa shape index (κ1) is 25.7. The predicted molar refractivity (Wildman–Crippen MR) is 130 cm³/mol. The zero-order valence-electron chi connectivity index (χ0n) is 18.2. The summed E-state index contributed by atoms with van der Waals surface area (Å²) in [7, 11) is 0. The number of benzene rings is 1. The fourth-order valence-corrected chi connectivity index (χ4v) is 2.42. The van der Waals surface area contributed by atoms with Gasteiger partial charge in [-0.1, -0.05) is 26.8 Å². The zero-order chi connectivity index (χ0) is 21.3. The smallest absolute Gasteiger partial charge is 0.221 e. The number of nitrogens with zero attached hydrogens (tertiary/aromatic N) is 2. The summed E-state index contributed by atoms with van der Waals surface area (Å²) in [6, 6.07) is 7.29. The van der Waals surface area contributed by atoms with Gasteiger partial charge in [0.1, 0.15) is 24.7 Å². The largest absolute Gasteiger partial charge is 0.492 e. The number of hydrogen-bond donors (Lipinski definition) is 3. The number of rotatable bonds is 8. The lowest BCUT2D eigenvalue weighted by atomic mass is 9.94. The van der Waals surface area contributed by atoms with Crippen LogP contribution in [-0.2, 0) is 16.8 Å². The lowest BCUT2D eigenvalue weighted by molar-refractivity contribution is -0.114. The Balaban J connectivity index is 0.00000450. The molecule has 30 heavy (non-hydrogen) atoms. The molecule has 0 spiro atoms. The number of aromatic nitrogens is 1. The summed E-state index contributed by atoms with van der Waals surface area (Å²) in [6.45, 7) is 11.8. The van der Waals surface area contributed by atoms with Crippen molar-refractivity contribution in [2.75, 3.05) is 25.0 Å². The molecule has 2 rings (SSSR count). The van der Waals surface area contributed by atoms with E-state index in [2.05, 4.69) is 46.7 Å². The molecule has 0 bridgehead atoms. The van der Waals surface area contributed by atoms with Crippen LogP contribution < -0.4 is 20.7 Å². The fraction of sp³-hybridized carbons (Fsp3) is 0.476. The van der Waals surface area contributed by atoms with Gasteiger partial charge < -0.3 is 25.1 Å². The van der Waals surface area contributed by atoms with Crippen molar-refractivity contribution in [2.45, 2.75) is 46.6 Å². The van der Waals surface area contributed by atoms with Gasteiger partial charge >= 0.3 is 0 Å². The summed E-state index contributed by atoms with van der Waals surface area (Å²) in [5, 5.41) is 9.14. The van der Waals surface area contributed by atoms with Crippen LogP contribution in [0, 0.1) is 0 Å². The Labute approximate surface area is 195 Å². The Hall–Kier alpha value is -2.30. The highest BCUT2D eigenvalue weighted by Crippen LogP contribution is 2.22. The molecule has 0 fully saturated rings. The summed E-state index contributed by atoms with van der Waals surface area (Å²) in [6.07, 6.45) is 1.76. The average molecular weight is 529 g/mol. The highest BCUT2D eigenvalue weighted by Gasteiger charge is 2.19. The molecule has 2 aromatic rings. The molecule has 166 valence electrons. The molecule has 3 N–H and O–H groups in total. The maximum absolute atomic E-state index is 11.1. The van der Waals surface area contributed by atoms with Crippen molar-refractivity contribution in [3.8, 4) is 5.75 Å². The Morgan fingerprint density at radius 1 is 1.27 bits per heavy atom. The van der Waals surface area contributed by atoms with Gasteiger partial charge in [-0.05, 0) is 19.1 Å². The third kappa shape index (κ3) is 9.02. The topological polar surface area (TPSA) is 101 Å². The second-order valence-electron chi connectivity index (χ2n) is 7.55. The van der Waals surface area contributed by atoms with Crippen LogP contribution in [0.3, 0.4) is 0 Å². The van der Waals surface area contributed by atoms with Crippen LogP contribution in [0.15, 0.2) is 39.9 Å². The number of carbonyl (C=O) groups excluding carboxylic acids is 1. The minimum Gasteiger partial charge on any atom is -0.492 e. The molecule has 9 heteroatoms. The van der Waals surface area contributed by atoms with Crippen LogP contribution >= 0.6 is 24.0 Å². The Morgan fingerprint density at radius 3 is 2.67 bits per heavy atom. The summed E-state index contributed by atoms with van der Waals surface area (Å²) < 4.78 is 11.5. The quantitative estimate of drug-likeness (QED) is 0.209. The number of anilines is 1. The minimum absolute atomic E-state index is 0. The van der Waals surface area contributed by atoms with Crippen LogP contribution in [0.2, 0.25) is 0 Å². The van der Waals surface area contributed by atoms with E-state index in [1.165, 1.54) is 6.92 Å². The second kappa shape index (κ2) is 12.4. The van der Waals surface area contributed by atoms with Crippen molar-refractivity contribution in [3.05, 3.63) is 42.1 Å². The molecule has 0 aliphatic carbocycles. The summed E-state index contributed by atoms with van der Waals surface area (Å²) >= 11 is 0. The summed E-state index contributed by atoms with van der Waals surface area (Å²) in [5.41, 5.74) is 0.630. The third-order valence-electron chi connectivity index (χ3n) is 3.83. The lowest BCUT2D eigenvalue weighted by Crippen LogP contribution is -2.39. The van der Waals surface area contributed by atoms with Gasteiger partial charge in [-0.3, -0.25) is 4.79 Å². The number of halogens is 1. The number of amides is 1. The van der Waals surface area contributed by atoms with Gasteiger partial charge in [-0.15, -0.1) is 24.0 Å². The van der Waals surface area contributed by atoms with Crippen molar-refractivity contribution in [2.24, 2.45) is 4.99 Å². The molecule has 0 aliphatic heterocycles. The van der Waals surface area contributed by atoms with Gasteiger partial charge in [0, 0.05) is 30.6 Å². The maximum atomic E-state index is 11.1. The summed E-state index contributed by atoms with van der Waals surface area (Å²) in [5.74, 6) is 2.66. The molecule has 0 saturated heterocycles. The fourth-order valence-electron chi connectivity index (χ4n) is 2.42. The van der Waals surface area contributed by atoms with Crippen LogP contribution in [0.4, 0.5) is 5.69 Å². The van der Waals surface area contributed by atoms with Gasteiger partial charge in [-0.25, -0.2) is 9.98 Å². The van der Waals surface area contributed by atoms with Gasteiger partial charge in [0.15, 0.2) is 5.96 Å². The molecule has 0 saturated carbocycles. The molecule has 0 atom stereocenters. The lowest BCUT2D eigenvalue weighted by Gasteiger charge is -2.13. The van der Waals surface area contributed by atoms with E-state index in [1.807, 2.05) is 25.1 Å². The molecular weight excluding hydrogens is 497 g/mol. The molecule has 0 radical (unpaired) electrons. The molecule has 0 unspecified atom stereocenters. The van der Waals surface area contributed by atoms with Crippen LogP contribution in [0.5, 0.6) is 5.75 Å². The Bertz CT molecular complexity index is 830. The number of aliphatic imine (C=N–C) groups is 1. The van der Waals surface area contributed by atoms with Crippen molar-refractivity contribution in [1.29, 1.82) is 0 Å². The van der Waals surface area contributed by atoms with E-state index in [9.17, 15) is 4.79 Å². The number of guanidine groups is 1. The van der Waals surface area contributed by atoms with Crippen molar-refractivity contribution >= 4 is 41.5 Å². The van der Waals surface area contributed by atoms with Crippen LogP contribution in [0.1, 0.15) is 46.3 Å². The van der Waals surface area contributed by atoms with E-state index in [1.54, 1.807) is 12.3 Å². The van der Waals surface area contributed by atoms with Crippen LogP contribution in [-0.4, -0.2) is 36.5 Å². The molecular formula is C21H32IN5O3. The van der Waals surface area contributed by atoms with Crippen molar-refractivity contribution in [3.63, 3.8) is 0 Å². The number of oxazole rings is 1. The van der Waals surface area contributed by atoms with Gasteiger partial charge in [0.05, 0.1) is 12.7 Å². The second-order valence-corrected chi connectivity index (χ2v) is 7.55. The third-order valence-corrected chi connectivity index (χ3v) is 3.83. The number of hydrogen-bond acceptors (Lipinski definition) is 5. The van der Waals surface area contributed by atoms with E-state index in [0.717, 1.165) is 12.3 Å². The molecule has 1 aromatic heterocycles. The summed E-state index contributed by atoms with van der Waals surface area (Å²) in [4.78, 5) is 19.9. The monoisotopic (exact) mass is 529 g/mol. The zero-order valence-corrected chi connectivity index (χ0v) is 20.6. The predicted octanol–water partition coefficient (Wildman–Crippen LogP) is 3.68. The van der Waals surface area contributed by atoms with E-state index in [4.69, 9.17) is 9.15 Å². The number of ether oxygens (including phenoxy) is 1. The first-order valence-electron chi connectivity index (χ1n) is 9.75. The molecule has 0 aliphatic rings. The number of nitrogens with one attached hydrogen (secondary N) is 3. The SMILES string of the molecule is CCNC(=NCc1ncc(C(C)(C)C)o1)NCCOc1cccc(NC(C)=O)c1.I. The highest BCUT2D eigenvalue weighted by atomic mass is 127. The van der Waals surface area contributed by atoms with Crippen molar-refractivity contribution < 1.29 is 13.9 Å². The average Bonchev–Trinajstić information content (AvgIpc) is 3.12. The van der Waals surface area contributed by atoms with Crippen LogP contribution in [0.25, 0.3) is 0 Å². The standard InChI is InChI=1S/C21H31N5O3.HI/c1-6-22-20(25-14-19-24-13-18(29-19)21(3,4)5)23-10-11-28-17-9-7-8-16(12-17)26-15(2)27;/h7-9,12-13H,6,10-11,14H2,1-5H3,(H,26,27)(H2,22,23,25);1H. The molecule has 8 nitrogen and oxygen atoms in total. The van der Waals surface area contributed by atoms with Gasteiger partial charge in [-0.2, -0.15) is 0 Å². The normalized spacial score (nSPS) is 11.4. The molecule has 1 amide bonds. The van der Waals surface area contributed by atoms with Crippen molar-refractivity contribution in [1.82, 2.24) is 15.6 Å². The Morgan fingerprint density at radius 2 is 2.03 bits per heavy atom. The van der Waals surface area contributed by atoms with E-state index < -0.39 is 0 Å². The van der Waals surface area contributed by atoms with E-state index in [-0.39, 0.29) is 35.3 Å². The first-order chi connectivity index (χ1) is 13.8. The van der Waals surface area contributed by atoms with Gasteiger partial charge in [0.25, 0.3) is 0 Å². The Kier molecular flexibility index (Phi) is 10.6. The maximum Gasteiger partial charge on any atom is 0.221 e. The van der Waals surface area contributed by atoms with E-state index in [0.29, 0.717) is 43.0 Å². The minimum atomic E-state index is -0.115. The highest BCUT2D eigenvalue weighted by molar-refractivity contribution is 14.0. The number of carbonyl (C=O) groups is 1. The van der Waals surface area contributed by atoms with Gasteiger partial charge in [0.2, 0.25) is 11.8 Å². The molecule has 1 aromatic carbocycles. The molecule has 1 heterocycles.